The highest BCUT2D eigenvalue weighted by molar-refractivity contribution is 5.77. The van der Waals surface area contributed by atoms with Crippen molar-refractivity contribution in [3.05, 3.63) is 35.9 Å². The molecule has 4 rings (SSSR count). The predicted octanol–water partition coefficient (Wildman–Crippen LogP) is 2.20. The fourth-order valence-corrected chi connectivity index (χ4v) is 4.85. The van der Waals surface area contributed by atoms with Crippen molar-refractivity contribution in [1.29, 1.82) is 0 Å². The van der Waals surface area contributed by atoms with E-state index in [9.17, 15) is 9.90 Å². The average Bonchev–Trinajstić information content (AvgIpc) is 3.09. The Morgan fingerprint density at radius 2 is 2.11 bits per heavy atom. The highest BCUT2D eigenvalue weighted by Crippen LogP contribution is 2.74. The average molecular weight is 257 g/mol. The summed E-state index contributed by atoms with van der Waals surface area (Å²) in [5.74, 6) is -0.0407. The van der Waals surface area contributed by atoms with Crippen molar-refractivity contribution in [2.75, 3.05) is 13.6 Å². The van der Waals surface area contributed by atoms with Gasteiger partial charge in [0.2, 0.25) is 0 Å². The molecular formula is C16H19NO2. The predicted molar refractivity (Wildman–Crippen MR) is 71.9 cm³/mol. The Morgan fingerprint density at radius 1 is 1.37 bits per heavy atom. The zero-order valence-electron chi connectivity index (χ0n) is 11.1. The Bertz CT molecular complexity index is 529. The van der Waals surface area contributed by atoms with E-state index in [1.807, 2.05) is 30.3 Å². The summed E-state index contributed by atoms with van der Waals surface area (Å²) in [5.41, 5.74) is 1.48. The van der Waals surface area contributed by atoms with Crippen molar-refractivity contribution >= 4 is 5.97 Å². The van der Waals surface area contributed by atoms with Gasteiger partial charge in [-0.15, -0.1) is 0 Å². The van der Waals surface area contributed by atoms with Gasteiger partial charge in [0.15, 0.2) is 0 Å². The molecule has 0 amide bonds. The maximum absolute atomic E-state index is 11.7. The van der Waals surface area contributed by atoms with E-state index in [0.717, 1.165) is 24.6 Å². The number of likely N-dealkylation sites (tertiary alicyclic amines) is 1. The number of rotatable bonds is 3. The van der Waals surface area contributed by atoms with Crippen LogP contribution in [0.25, 0.3) is 0 Å². The van der Waals surface area contributed by atoms with Crippen LogP contribution in [0.2, 0.25) is 0 Å². The summed E-state index contributed by atoms with van der Waals surface area (Å²) in [6.07, 6.45) is 2.41. The molecule has 0 aromatic heterocycles. The van der Waals surface area contributed by atoms with E-state index >= 15 is 0 Å². The Balaban J connectivity index is 1.63. The number of nitrogens with zero attached hydrogens (tertiary/aromatic N) is 1. The molecule has 1 saturated heterocycles. The van der Waals surface area contributed by atoms with Crippen molar-refractivity contribution in [1.82, 2.24) is 4.90 Å². The number of benzene rings is 1. The number of carboxylic acid groups (broad SMARTS) is 1. The molecule has 1 aromatic carbocycles. The molecule has 1 N–H and O–H groups in total. The van der Waals surface area contributed by atoms with E-state index in [2.05, 4.69) is 11.9 Å². The minimum atomic E-state index is -0.655. The van der Waals surface area contributed by atoms with Crippen molar-refractivity contribution < 1.29 is 9.90 Å². The largest absolute Gasteiger partial charge is 0.481 e. The lowest BCUT2D eigenvalue weighted by Crippen LogP contribution is -2.44. The minimum absolute atomic E-state index is 0.315. The van der Waals surface area contributed by atoms with Crippen LogP contribution in [0.1, 0.15) is 24.3 Å². The normalized spacial score (nSPS) is 41.0. The zero-order valence-corrected chi connectivity index (χ0v) is 11.1. The fraction of sp³-hybridized carbons (Fsp3) is 0.562. The molecule has 100 valence electrons. The molecule has 3 heteroatoms. The zero-order chi connectivity index (χ0) is 13.2. The van der Waals surface area contributed by atoms with Gasteiger partial charge in [-0.2, -0.15) is 0 Å². The van der Waals surface area contributed by atoms with Gasteiger partial charge in [0.1, 0.15) is 0 Å². The smallest absolute Gasteiger partial charge is 0.311 e. The Morgan fingerprint density at radius 3 is 2.68 bits per heavy atom. The van der Waals surface area contributed by atoms with E-state index in [-0.39, 0.29) is 5.92 Å². The third-order valence-corrected chi connectivity index (χ3v) is 5.82. The van der Waals surface area contributed by atoms with Crippen molar-refractivity contribution in [2.45, 2.75) is 24.8 Å². The summed E-state index contributed by atoms with van der Waals surface area (Å²) in [6, 6.07) is 10.5. The van der Waals surface area contributed by atoms with Crippen LogP contribution >= 0.6 is 0 Å². The molecule has 3 unspecified atom stereocenters. The topological polar surface area (TPSA) is 40.5 Å². The van der Waals surface area contributed by atoms with Crippen LogP contribution in [-0.4, -0.2) is 35.6 Å². The number of carbonyl (C=O) groups is 1. The lowest BCUT2D eigenvalue weighted by Gasteiger charge is -2.46. The molecule has 2 saturated carbocycles. The summed E-state index contributed by atoms with van der Waals surface area (Å²) in [5, 5.41) is 9.63. The summed E-state index contributed by atoms with van der Waals surface area (Å²) < 4.78 is 0. The summed E-state index contributed by atoms with van der Waals surface area (Å²) in [4.78, 5) is 14.1. The van der Waals surface area contributed by atoms with E-state index in [1.54, 1.807) is 0 Å². The van der Waals surface area contributed by atoms with Gasteiger partial charge in [0, 0.05) is 12.6 Å². The lowest BCUT2D eigenvalue weighted by molar-refractivity contribution is -0.143. The second-order valence-corrected chi connectivity index (χ2v) is 6.59. The summed E-state index contributed by atoms with van der Waals surface area (Å²) in [6.45, 7) is 1.09. The second-order valence-electron chi connectivity index (χ2n) is 6.59. The molecule has 3 nitrogen and oxygen atoms in total. The van der Waals surface area contributed by atoms with Crippen LogP contribution in [0.3, 0.4) is 0 Å². The van der Waals surface area contributed by atoms with Crippen LogP contribution in [-0.2, 0) is 4.79 Å². The van der Waals surface area contributed by atoms with E-state index in [1.165, 1.54) is 6.42 Å². The van der Waals surface area contributed by atoms with E-state index in [0.29, 0.717) is 17.3 Å². The fourth-order valence-electron chi connectivity index (χ4n) is 4.85. The molecule has 0 bridgehead atoms. The summed E-state index contributed by atoms with van der Waals surface area (Å²) >= 11 is 0. The monoisotopic (exact) mass is 257 g/mol. The van der Waals surface area contributed by atoms with Gasteiger partial charge in [0.05, 0.1) is 5.92 Å². The molecule has 0 radical (unpaired) electrons. The molecule has 1 aromatic rings. The van der Waals surface area contributed by atoms with Gasteiger partial charge >= 0.3 is 5.97 Å². The van der Waals surface area contributed by atoms with Crippen LogP contribution in [0.15, 0.2) is 30.3 Å². The van der Waals surface area contributed by atoms with Gasteiger partial charge in [-0.25, -0.2) is 0 Å². The van der Waals surface area contributed by atoms with Crippen molar-refractivity contribution in [2.24, 2.45) is 17.3 Å². The lowest BCUT2D eigenvalue weighted by atomic mass is 9.57. The molecule has 3 fully saturated rings. The maximum atomic E-state index is 11.7. The van der Waals surface area contributed by atoms with E-state index < -0.39 is 5.97 Å². The first kappa shape index (κ1) is 11.5. The Kier molecular flexibility index (Phi) is 2.17. The second kappa shape index (κ2) is 3.60. The third kappa shape index (κ3) is 1.39. The van der Waals surface area contributed by atoms with Gasteiger partial charge in [-0.3, -0.25) is 4.79 Å². The van der Waals surface area contributed by atoms with Crippen LogP contribution < -0.4 is 0 Å². The number of aliphatic carboxylic acids is 1. The molecule has 5 atom stereocenters. The minimum Gasteiger partial charge on any atom is -0.481 e. The van der Waals surface area contributed by atoms with Gasteiger partial charge in [0.25, 0.3) is 0 Å². The van der Waals surface area contributed by atoms with Gasteiger partial charge in [-0.05, 0) is 42.7 Å². The SMILES string of the molecule is CN1CC2C(C(C(=O)O)c3ccccc3)C[C@]23C[C@@H]13. The number of hydrogen-bond donors (Lipinski definition) is 1. The highest BCUT2D eigenvalue weighted by atomic mass is 16.4. The van der Waals surface area contributed by atoms with Crippen LogP contribution in [0, 0.1) is 17.3 Å². The third-order valence-electron chi connectivity index (χ3n) is 5.82. The first-order valence-electron chi connectivity index (χ1n) is 7.11. The molecule has 1 aliphatic heterocycles. The maximum Gasteiger partial charge on any atom is 0.311 e. The number of hydrogen-bond acceptors (Lipinski definition) is 2. The standard InChI is InChI=1S/C16H19NO2/c1-17-9-12-11(7-16(12)8-13(16)17)14(15(18)19)10-5-3-2-4-6-10/h2-6,11-14H,7-9H2,1H3,(H,18,19)/t11?,12?,13-,14?,16+/m1/s1. The van der Waals surface area contributed by atoms with Gasteiger partial charge in [-0.1, -0.05) is 30.3 Å². The van der Waals surface area contributed by atoms with Crippen molar-refractivity contribution in [3.8, 4) is 0 Å². The van der Waals surface area contributed by atoms with Crippen LogP contribution in [0.5, 0.6) is 0 Å². The van der Waals surface area contributed by atoms with E-state index in [4.69, 9.17) is 0 Å². The Labute approximate surface area is 113 Å². The molecule has 19 heavy (non-hydrogen) atoms. The molecule has 1 heterocycles. The van der Waals surface area contributed by atoms with Gasteiger partial charge < -0.3 is 10.0 Å². The van der Waals surface area contributed by atoms with Crippen LogP contribution in [0.4, 0.5) is 0 Å². The Hall–Kier alpha value is -1.35. The summed E-state index contributed by atoms with van der Waals surface area (Å²) in [7, 11) is 2.19. The quantitative estimate of drug-likeness (QED) is 0.902. The number of carboxylic acids is 1. The molecule has 2 aliphatic carbocycles. The first-order valence-corrected chi connectivity index (χ1v) is 7.11. The molecular weight excluding hydrogens is 238 g/mol. The van der Waals surface area contributed by atoms with Crippen molar-refractivity contribution in [3.63, 3.8) is 0 Å². The molecule has 3 aliphatic rings. The first-order chi connectivity index (χ1) is 9.13. The number of piperidine rings is 1. The highest BCUT2D eigenvalue weighted by Gasteiger charge is 2.74. The molecule has 1 spiro atoms.